The summed E-state index contributed by atoms with van der Waals surface area (Å²) in [6, 6.07) is 0. The fourth-order valence-corrected chi connectivity index (χ4v) is 1.88. The number of hydrogen-bond acceptors (Lipinski definition) is 4. The second kappa shape index (κ2) is 7.11. The minimum absolute atomic E-state index is 0.0213. The Morgan fingerprint density at radius 1 is 1.71 bits per heavy atom. The Kier molecular flexibility index (Phi) is 5.76. The number of nitrogens with one attached hydrogen (secondary N) is 1. The molecular weight excluding hydrogens is 222 g/mol. The van der Waals surface area contributed by atoms with Gasteiger partial charge in [-0.15, -0.1) is 0 Å². The molecule has 0 aromatic rings. The molecule has 4 N–H and O–H groups in total. The van der Waals surface area contributed by atoms with Crippen molar-refractivity contribution in [2.75, 3.05) is 19.8 Å². The Bertz CT molecular complexity index is 275. The molecule has 6 heteroatoms. The van der Waals surface area contributed by atoms with Crippen molar-refractivity contribution in [1.82, 2.24) is 5.32 Å². The van der Waals surface area contributed by atoms with Gasteiger partial charge in [0.05, 0.1) is 12.5 Å². The first-order valence-corrected chi connectivity index (χ1v) is 6.01. The van der Waals surface area contributed by atoms with Crippen molar-refractivity contribution < 1.29 is 14.7 Å². The van der Waals surface area contributed by atoms with Crippen molar-refractivity contribution in [2.24, 2.45) is 22.7 Å². The highest BCUT2D eigenvalue weighted by Crippen LogP contribution is 2.12. The summed E-state index contributed by atoms with van der Waals surface area (Å²) < 4.78 is 5.23. The molecule has 2 atom stereocenters. The summed E-state index contributed by atoms with van der Waals surface area (Å²) in [6.07, 6.45) is 2.37. The lowest BCUT2D eigenvalue weighted by Crippen LogP contribution is -2.40. The van der Waals surface area contributed by atoms with E-state index in [4.69, 9.17) is 15.7 Å². The molecule has 0 bridgehead atoms. The van der Waals surface area contributed by atoms with Gasteiger partial charge in [-0.3, -0.25) is 4.79 Å². The lowest BCUT2D eigenvalue weighted by atomic mass is 10.0. The molecule has 6 nitrogen and oxygen atoms in total. The van der Waals surface area contributed by atoms with E-state index < -0.39 is 5.92 Å². The van der Waals surface area contributed by atoms with E-state index in [1.54, 1.807) is 0 Å². The van der Waals surface area contributed by atoms with Gasteiger partial charge >= 0.3 is 0 Å². The highest BCUT2D eigenvalue weighted by molar-refractivity contribution is 6.02. The second-order valence-electron chi connectivity index (χ2n) is 4.34. The maximum Gasteiger partial charge on any atom is 0.230 e. The standard InChI is InChI=1S/C11H21N3O3/c1-2-3-9(10(12)14-16)11(15)13-6-8-4-5-17-7-8/h8-9,16H,2-7H2,1H3,(H2,12,14)(H,13,15). The Balaban J connectivity index is 2.41. The molecule has 0 saturated carbocycles. The minimum atomic E-state index is -0.535. The molecular formula is C11H21N3O3. The zero-order valence-electron chi connectivity index (χ0n) is 10.2. The van der Waals surface area contributed by atoms with Crippen LogP contribution < -0.4 is 11.1 Å². The van der Waals surface area contributed by atoms with E-state index in [2.05, 4.69) is 10.5 Å². The van der Waals surface area contributed by atoms with Crippen LogP contribution in [0, 0.1) is 11.8 Å². The van der Waals surface area contributed by atoms with Crippen molar-refractivity contribution in [2.45, 2.75) is 26.2 Å². The number of carbonyl (C=O) groups excluding carboxylic acids is 1. The molecule has 0 aromatic carbocycles. The van der Waals surface area contributed by atoms with Crippen LogP contribution in [0.5, 0.6) is 0 Å². The number of nitrogens with two attached hydrogens (primary N) is 1. The van der Waals surface area contributed by atoms with Crippen LogP contribution in [-0.2, 0) is 9.53 Å². The topological polar surface area (TPSA) is 96.9 Å². The van der Waals surface area contributed by atoms with Crippen molar-refractivity contribution in [3.8, 4) is 0 Å². The van der Waals surface area contributed by atoms with Crippen LogP contribution in [0.15, 0.2) is 5.16 Å². The molecule has 0 aromatic heterocycles. The van der Waals surface area contributed by atoms with Gasteiger partial charge in [0.2, 0.25) is 5.91 Å². The van der Waals surface area contributed by atoms with Crippen molar-refractivity contribution in [3.63, 3.8) is 0 Å². The Hall–Kier alpha value is -1.30. The monoisotopic (exact) mass is 243 g/mol. The summed E-state index contributed by atoms with van der Waals surface area (Å²) >= 11 is 0. The maximum atomic E-state index is 11.9. The number of amides is 1. The van der Waals surface area contributed by atoms with Crippen LogP contribution >= 0.6 is 0 Å². The zero-order valence-corrected chi connectivity index (χ0v) is 10.2. The molecule has 0 radical (unpaired) electrons. The van der Waals surface area contributed by atoms with Crippen molar-refractivity contribution in [3.05, 3.63) is 0 Å². The molecule has 1 aliphatic heterocycles. The van der Waals surface area contributed by atoms with Crippen molar-refractivity contribution >= 4 is 11.7 Å². The SMILES string of the molecule is CCCC(C(=O)NCC1CCOC1)C(N)=NO. The lowest BCUT2D eigenvalue weighted by molar-refractivity contribution is -0.123. The molecule has 1 heterocycles. The predicted octanol–water partition coefficient (Wildman–Crippen LogP) is 0.302. The van der Waals surface area contributed by atoms with Gasteiger partial charge in [0.25, 0.3) is 0 Å². The Morgan fingerprint density at radius 2 is 2.47 bits per heavy atom. The highest BCUT2D eigenvalue weighted by atomic mass is 16.5. The summed E-state index contributed by atoms with van der Waals surface area (Å²) in [6.45, 7) is 4.01. The Morgan fingerprint density at radius 3 is 3.00 bits per heavy atom. The van der Waals surface area contributed by atoms with Crippen LogP contribution in [0.4, 0.5) is 0 Å². The molecule has 0 aliphatic carbocycles. The third kappa shape index (κ3) is 4.22. The number of nitrogens with zero attached hydrogens (tertiary/aromatic N) is 1. The molecule has 1 aliphatic rings. The van der Waals surface area contributed by atoms with Gasteiger partial charge in [-0.25, -0.2) is 0 Å². The maximum absolute atomic E-state index is 11.9. The molecule has 1 rings (SSSR count). The molecule has 1 fully saturated rings. The number of amidine groups is 1. The van der Waals surface area contributed by atoms with Crippen molar-refractivity contribution in [1.29, 1.82) is 0 Å². The molecule has 98 valence electrons. The molecule has 1 amide bonds. The van der Waals surface area contributed by atoms with Gasteiger partial charge in [-0.2, -0.15) is 0 Å². The number of rotatable bonds is 6. The lowest BCUT2D eigenvalue weighted by Gasteiger charge is -2.16. The predicted molar refractivity (Wildman–Crippen MR) is 63.7 cm³/mol. The van der Waals surface area contributed by atoms with Gasteiger partial charge in [0.1, 0.15) is 0 Å². The van der Waals surface area contributed by atoms with Gasteiger partial charge in [-0.05, 0) is 12.8 Å². The smallest absolute Gasteiger partial charge is 0.230 e. The minimum Gasteiger partial charge on any atom is -0.409 e. The average Bonchev–Trinajstić information content (AvgIpc) is 2.85. The van der Waals surface area contributed by atoms with E-state index in [9.17, 15) is 4.79 Å². The van der Waals surface area contributed by atoms with E-state index in [-0.39, 0.29) is 11.7 Å². The second-order valence-corrected chi connectivity index (χ2v) is 4.34. The normalized spacial score (nSPS) is 22.4. The molecule has 17 heavy (non-hydrogen) atoms. The van der Waals surface area contributed by atoms with E-state index >= 15 is 0 Å². The molecule has 2 unspecified atom stereocenters. The number of hydrogen-bond donors (Lipinski definition) is 3. The quantitative estimate of drug-likeness (QED) is 0.270. The number of ether oxygens (including phenoxy) is 1. The van der Waals surface area contributed by atoms with E-state index in [0.717, 1.165) is 19.4 Å². The van der Waals surface area contributed by atoms with Crippen LogP contribution in [0.25, 0.3) is 0 Å². The summed E-state index contributed by atoms with van der Waals surface area (Å²) in [4.78, 5) is 11.9. The summed E-state index contributed by atoms with van der Waals surface area (Å²) in [5, 5.41) is 14.4. The Labute approximate surface area is 101 Å². The van der Waals surface area contributed by atoms with Crippen LogP contribution in [-0.4, -0.2) is 36.7 Å². The van der Waals surface area contributed by atoms with E-state index in [0.29, 0.717) is 25.5 Å². The van der Waals surface area contributed by atoms with Gasteiger partial charge < -0.3 is 21.0 Å². The molecule has 0 spiro atoms. The first kappa shape index (κ1) is 13.8. The average molecular weight is 243 g/mol. The van der Waals surface area contributed by atoms with E-state index in [1.807, 2.05) is 6.92 Å². The highest BCUT2D eigenvalue weighted by Gasteiger charge is 2.23. The van der Waals surface area contributed by atoms with Crippen LogP contribution in [0.1, 0.15) is 26.2 Å². The van der Waals surface area contributed by atoms with E-state index in [1.165, 1.54) is 0 Å². The summed E-state index contributed by atoms with van der Waals surface area (Å²) in [5.41, 5.74) is 5.50. The van der Waals surface area contributed by atoms with Gasteiger partial charge in [0, 0.05) is 19.1 Å². The van der Waals surface area contributed by atoms with Crippen LogP contribution in [0.3, 0.4) is 0 Å². The third-order valence-corrected chi connectivity index (χ3v) is 2.96. The summed E-state index contributed by atoms with van der Waals surface area (Å²) in [5.74, 6) is -0.345. The fourth-order valence-electron chi connectivity index (χ4n) is 1.88. The fraction of sp³-hybridized carbons (Fsp3) is 0.818. The first-order chi connectivity index (χ1) is 8.19. The largest absolute Gasteiger partial charge is 0.409 e. The number of oxime groups is 1. The summed E-state index contributed by atoms with van der Waals surface area (Å²) in [7, 11) is 0. The van der Waals surface area contributed by atoms with Gasteiger partial charge in [-0.1, -0.05) is 18.5 Å². The first-order valence-electron chi connectivity index (χ1n) is 6.01. The number of carbonyl (C=O) groups is 1. The zero-order chi connectivity index (χ0) is 12.7. The van der Waals surface area contributed by atoms with Gasteiger partial charge in [0.15, 0.2) is 5.84 Å². The van der Waals surface area contributed by atoms with Crippen LogP contribution in [0.2, 0.25) is 0 Å². The molecule has 1 saturated heterocycles. The third-order valence-electron chi connectivity index (χ3n) is 2.96.